The minimum Gasteiger partial charge on any atom is -0.375 e. The van der Waals surface area contributed by atoms with E-state index in [1.54, 1.807) is 0 Å². The van der Waals surface area contributed by atoms with Gasteiger partial charge in [0.05, 0.1) is 0 Å². The maximum atomic E-state index is 11.5. The molecule has 0 saturated carbocycles. The SMILES string of the molecule is C=CCCCN(C)c1ccc(C(=O)CC)cc1. The molecule has 0 spiro atoms. The molecule has 2 heteroatoms. The van der Waals surface area contributed by atoms with Crippen LogP contribution in [0, 0.1) is 0 Å². The molecule has 1 aromatic rings. The van der Waals surface area contributed by atoms with E-state index in [1.165, 1.54) is 0 Å². The second-order valence-corrected chi connectivity index (χ2v) is 4.18. The fourth-order valence-corrected chi connectivity index (χ4v) is 1.71. The molecule has 0 aliphatic carbocycles. The lowest BCUT2D eigenvalue weighted by molar-refractivity contribution is 0.0988. The van der Waals surface area contributed by atoms with Crippen molar-refractivity contribution in [2.75, 3.05) is 18.5 Å². The van der Waals surface area contributed by atoms with E-state index in [9.17, 15) is 4.79 Å². The van der Waals surface area contributed by atoms with Crippen molar-refractivity contribution < 1.29 is 4.79 Å². The molecule has 0 aliphatic rings. The second-order valence-electron chi connectivity index (χ2n) is 4.18. The van der Waals surface area contributed by atoms with Gasteiger partial charge < -0.3 is 4.90 Å². The Kier molecular flexibility index (Phi) is 5.47. The monoisotopic (exact) mass is 231 g/mol. The van der Waals surface area contributed by atoms with Crippen LogP contribution in [-0.4, -0.2) is 19.4 Å². The summed E-state index contributed by atoms with van der Waals surface area (Å²) < 4.78 is 0. The number of carbonyl (C=O) groups excluding carboxylic acids is 1. The topological polar surface area (TPSA) is 20.3 Å². The lowest BCUT2D eigenvalue weighted by Crippen LogP contribution is -2.18. The van der Waals surface area contributed by atoms with Crippen molar-refractivity contribution >= 4 is 11.5 Å². The summed E-state index contributed by atoms with van der Waals surface area (Å²) in [5, 5.41) is 0. The molecule has 92 valence electrons. The normalized spacial score (nSPS) is 10.0. The lowest BCUT2D eigenvalue weighted by atomic mass is 10.1. The predicted octanol–water partition coefficient (Wildman–Crippen LogP) is 3.68. The van der Waals surface area contributed by atoms with Gasteiger partial charge in [0, 0.05) is 31.3 Å². The second kappa shape index (κ2) is 6.89. The molecule has 0 saturated heterocycles. The van der Waals surface area contributed by atoms with Crippen LogP contribution in [0.25, 0.3) is 0 Å². The van der Waals surface area contributed by atoms with E-state index in [-0.39, 0.29) is 5.78 Å². The van der Waals surface area contributed by atoms with Crippen molar-refractivity contribution in [2.45, 2.75) is 26.2 Å². The third-order valence-corrected chi connectivity index (χ3v) is 2.85. The van der Waals surface area contributed by atoms with Gasteiger partial charge in [-0.05, 0) is 37.1 Å². The number of ketones is 1. The highest BCUT2D eigenvalue weighted by Gasteiger charge is 2.04. The summed E-state index contributed by atoms with van der Waals surface area (Å²) in [5.74, 6) is 0.200. The van der Waals surface area contributed by atoms with E-state index in [1.807, 2.05) is 37.3 Å². The van der Waals surface area contributed by atoms with Crippen molar-refractivity contribution in [1.29, 1.82) is 0 Å². The molecule has 0 amide bonds. The summed E-state index contributed by atoms with van der Waals surface area (Å²) in [7, 11) is 2.07. The number of Topliss-reactive ketones (excluding diaryl/α,β-unsaturated/α-hetero) is 1. The number of carbonyl (C=O) groups is 1. The van der Waals surface area contributed by atoms with E-state index in [4.69, 9.17) is 0 Å². The molecular weight excluding hydrogens is 210 g/mol. The molecule has 0 fully saturated rings. The Morgan fingerprint density at radius 3 is 2.53 bits per heavy atom. The molecule has 0 atom stereocenters. The van der Waals surface area contributed by atoms with Crippen LogP contribution in [0.3, 0.4) is 0 Å². The first-order chi connectivity index (χ1) is 8.19. The van der Waals surface area contributed by atoms with Gasteiger partial charge in [-0.3, -0.25) is 4.79 Å². The number of hydrogen-bond acceptors (Lipinski definition) is 2. The number of rotatable bonds is 7. The molecule has 0 heterocycles. The van der Waals surface area contributed by atoms with Crippen LogP contribution in [-0.2, 0) is 0 Å². The summed E-state index contributed by atoms with van der Waals surface area (Å²) in [6.07, 6.45) is 4.65. The van der Waals surface area contributed by atoms with Crippen molar-refractivity contribution in [3.63, 3.8) is 0 Å². The number of unbranched alkanes of at least 4 members (excludes halogenated alkanes) is 1. The highest BCUT2D eigenvalue weighted by Crippen LogP contribution is 2.15. The molecule has 0 bridgehead atoms. The number of benzene rings is 1. The van der Waals surface area contributed by atoms with Crippen molar-refractivity contribution in [3.05, 3.63) is 42.5 Å². The Hall–Kier alpha value is -1.57. The zero-order valence-corrected chi connectivity index (χ0v) is 10.8. The van der Waals surface area contributed by atoms with Crippen LogP contribution in [0.4, 0.5) is 5.69 Å². The predicted molar refractivity (Wildman–Crippen MR) is 73.8 cm³/mol. The Bertz CT molecular complexity index is 367. The highest BCUT2D eigenvalue weighted by atomic mass is 16.1. The fraction of sp³-hybridized carbons (Fsp3) is 0.400. The third kappa shape index (κ3) is 4.06. The number of anilines is 1. The molecule has 0 unspecified atom stereocenters. The quantitative estimate of drug-likeness (QED) is 0.405. The van der Waals surface area contributed by atoms with Crippen molar-refractivity contribution in [3.8, 4) is 0 Å². The lowest BCUT2D eigenvalue weighted by Gasteiger charge is -2.19. The number of hydrogen-bond donors (Lipinski definition) is 0. The van der Waals surface area contributed by atoms with Crippen molar-refractivity contribution in [1.82, 2.24) is 0 Å². The Labute approximate surface area is 104 Å². The van der Waals surface area contributed by atoms with Crippen LogP contribution in [0.15, 0.2) is 36.9 Å². The van der Waals surface area contributed by atoms with Gasteiger partial charge in [-0.25, -0.2) is 0 Å². The third-order valence-electron chi connectivity index (χ3n) is 2.85. The van der Waals surface area contributed by atoms with Gasteiger partial charge in [0.15, 0.2) is 5.78 Å². The zero-order chi connectivity index (χ0) is 12.7. The van der Waals surface area contributed by atoms with E-state index in [2.05, 4.69) is 18.5 Å². The van der Waals surface area contributed by atoms with Crippen molar-refractivity contribution in [2.24, 2.45) is 0 Å². The Morgan fingerprint density at radius 1 is 1.35 bits per heavy atom. The number of nitrogens with zero attached hydrogens (tertiary/aromatic N) is 1. The largest absolute Gasteiger partial charge is 0.375 e. The minimum absolute atomic E-state index is 0.200. The van der Waals surface area contributed by atoms with Gasteiger partial charge in [-0.2, -0.15) is 0 Å². The summed E-state index contributed by atoms with van der Waals surface area (Å²) in [4.78, 5) is 13.7. The van der Waals surface area contributed by atoms with Crippen LogP contribution >= 0.6 is 0 Å². The molecule has 1 aromatic carbocycles. The molecule has 0 aromatic heterocycles. The van der Waals surface area contributed by atoms with Gasteiger partial charge in [-0.1, -0.05) is 13.0 Å². The van der Waals surface area contributed by atoms with Gasteiger partial charge in [0.1, 0.15) is 0 Å². The Balaban J connectivity index is 2.60. The molecule has 17 heavy (non-hydrogen) atoms. The van der Waals surface area contributed by atoms with E-state index in [0.717, 1.165) is 30.6 Å². The molecule has 2 nitrogen and oxygen atoms in total. The van der Waals surface area contributed by atoms with Crippen LogP contribution in [0.5, 0.6) is 0 Å². The van der Waals surface area contributed by atoms with Gasteiger partial charge in [0.25, 0.3) is 0 Å². The first-order valence-corrected chi connectivity index (χ1v) is 6.14. The maximum absolute atomic E-state index is 11.5. The summed E-state index contributed by atoms with van der Waals surface area (Å²) in [6.45, 7) is 6.61. The fourth-order valence-electron chi connectivity index (χ4n) is 1.71. The average molecular weight is 231 g/mol. The average Bonchev–Trinajstić information content (AvgIpc) is 2.38. The van der Waals surface area contributed by atoms with Crippen LogP contribution in [0.1, 0.15) is 36.5 Å². The smallest absolute Gasteiger partial charge is 0.162 e. The maximum Gasteiger partial charge on any atom is 0.162 e. The van der Waals surface area contributed by atoms with E-state index in [0.29, 0.717) is 6.42 Å². The standard InChI is InChI=1S/C15H21NO/c1-4-6-7-12-16(3)14-10-8-13(9-11-14)15(17)5-2/h4,8-11H,1,5-7,12H2,2-3H3. The van der Waals surface area contributed by atoms with Crippen LogP contribution < -0.4 is 4.90 Å². The zero-order valence-electron chi connectivity index (χ0n) is 10.8. The summed E-state index contributed by atoms with van der Waals surface area (Å²) >= 11 is 0. The summed E-state index contributed by atoms with van der Waals surface area (Å²) in [5.41, 5.74) is 1.96. The molecule has 0 aliphatic heterocycles. The summed E-state index contributed by atoms with van der Waals surface area (Å²) in [6, 6.07) is 7.84. The molecular formula is C15H21NO. The minimum atomic E-state index is 0.200. The van der Waals surface area contributed by atoms with Crippen LogP contribution in [0.2, 0.25) is 0 Å². The van der Waals surface area contributed by atoms with Gasteiger partial charge in [-0.15, -0.1) is 6.58 Å². The van der Waals surface area contributed by atoms with E-state index >= 15 is 0 Å². The first kappa shape index (κ1) is 13.5. The Morgan fingerprint density at radius 2 is 2.00 bits per heavy atom. The van der Waals surface area contributed by atoms with Gasteiger partial charge >= 0.3 is 0 Å². The number of allylic oxidation sites excluding steroid dienone is 1. The molecule has 1 rings (SSSR count). The molecule has 0 N–H and O–H groups in total. The van der Waals surface area contributed by atoms with Gasteiger partial charge in [0.2, 0.25) is 0 Å². The molecule has 0 radical (unpaired) electrons. The first-order valence-electron chi connectivity index (χ1n) is 6.14. The van der Waals surface area contributed by atoms with E-state index < -0.39 is 0 Å². The highest BCUT2D eigenvalue weighted by molar-refractivity contribution is 5.96.